The Kier molecular flexibility index (Phi) is 5.66. The summed E-state index contributed by atoms with van der Waals surface area (Å²) in [5.41, 5.74) is 2.41. The second-order valence-electron chi connectivity index (χ2n) is 9.23. The zero-order chi connectivity index (χ0) is 23.1. The molecule has 1 aromatic carbocycles. The van der Waals surface area contributed by atoms with Crippen molar-refractivity contribution in [2.24, 2.45) is 5.92 Å². The van der Waals surface area contributed by atoms with Crippen molar-refractivity contribution in [3.8, 4) is 17.1 Å². The minimum absolute atomic E-state index is 0.608. The molecule has 0 radical (unpaired) electrons. The van der Waals surface area contributed by atoms with Crippen LogP contribution in [-0.4, -0.2) is 58.3 Å². The Bertz CT molecular complexity index is 1290. The molecule has 0 unspecified atom stereocenters. The average molecular weight is 477 g/mol. The first-order valence-electron chi connectivity index (χ1n) is 11.9. The van der Waals surface area contributed by atoms with Crippen molar-refractivity contribution in [3.63, 3.8) is 0 Å². The fourth-order valence-corrected chi connectivity index (χ4v) is 6.33. The molecule has 176 valence electrons. The van der Waals surface area contributed by atoms with Crippen molar-refractivity contribution in [2.45, 2.75) is 32.7 Å². The SMILES string of the molecule is COc1ccc(-c2noc(CN3CCN(c4ncnc5sc6c(c45)CC[C@H](C)C6)CC3)n2)cc1. The van der Waals surface area contributed by atoms with Gasteiger partial charge in [-0.05, 0) is 55.0 Å². The van der Waals surface area contributed by atoms with Crippen LogP contribution < -0.4 is 9.64 Å². The van der Waals surface area contributed by atoms with Crippen molar-refractivity contribution < 1.29 is 9.26 Å². The van der Waals surface area contributed by atoms with Crippen LogP contribution in [0.5, 0.6) is 5.75 Å². The largest absolute Gasteiger partial charge is 0.497 e. The predicted molar refractivity (Wildman–Crippen MR) is 132 cm³/mol. The van der Waals surface area contributed by atoms with Crippen LogP contribution >= 0.6 is 11.3 Å². The minimum Gasteiger partial charge on any atom is -0.497 e. The number of rotatable bonds is 5. The lowest BCUT2D eigenvalue weighted by Crippen LogP contribution is -2.46. The number of ether oxygens (including phenoxy) is 1. The highest BCUT2D eigenvalue weighted by Crippen LogP contribution is 2.40. The summed E-state index contributed by atoms with van der Waals surface area (Å²) < 4.78 is 10.8. The Balaban J connectivity index is 1.13. The van der Waals surface area contributed by atoms with Gasteiger partial charge in [0.15, 0.2) is 0 Å². The van der Waals surface area contributed by atoms with Gasteiger partial charge in [0.2, 0.25) is 11.7 Å². The number of thiophene rings is 1. The molecule has 1 aliphatic carbocycles. The molecule has 0 bridgehead atoms. The Labute approximate surface area is 202 Å². The maximum absolute atomic E-state index is 5.54. The van der Waals surface area contributed by atoms with Crippen LogP contribution in [0.2, 0.25) is 0 Å². The number of hydrogen-bond donors (Lipinski definition) is 0. The Hall–Kier alpha value is -3.04. The van der Waals surface area contributed by atoms with E-state index in [0.29, 0.717) is 18.3 Å². The molecule has 34 heavy (non-hydrogen) atoms. The van der Waals surface area contributed by atoms with E-state index in [0.717, 1.165) is 60.5 Å². The summed E-state index contributed by atoms with van der Waals surface area (Å²) in [4.78, 5) is 21.4. The molecular formula is C25H28N6O2S. The van der Waals surface area contributed by atoms with E-state index in [-0.39, 0.29) is 0 Å². The maximum atomic E-state index is 5.54. The quantitative estimate of drug-likeness (QED) is 0.424. The van der Waals surface area contributed by atoms with E-state index in [4.69, 9.17) is 14.2 Å². The molecule has 1 aliphatic heterocycles. The van der Waals surface area contributed by atoms with Gasteiger partial charge in [-0.15, -0.1) is 11.3 Å². The van der Waals surface area contributed by atoms with Crippen LogP contribution in [0.3, 0.4) is 0 Å². The first kappa shape index (κ1) is 21.5. The van der Waals surface area contributed by atoms with E-state index in [1.807, 2.05) is 35.6 Å². The van der Waals surface area contributed by atoms with Crippen LogP contribution in [0.15, 0.2) is 35.1 Å². The third kappa shape index (κ3) is 4.03. The molecule has 0 saturated carbocycles. The number of aromatic nitrogens is 4. The van der Waals surface area contributed by atoms with E-state index in [2.05, 4.69) is 31.8 Å². The lowest BCUT2D eigenvalue weighted by Gasteiger charge is -2.35. The van der Waals surface area contributed by atoms with Gasteiger partial charge in [0.25, 0.3) is 0 Å². The first-order chi connectivity index (χ1) is 16.7. The third-order valence-corrected chi connectivity index (χ3v) is 8.08. The average Bonchev–Trinajstić information content (AvgIpc) is 3.48. The molecule has 0 spiro atoms. The van der Waals surface area contributed by atoms with Crippen molar-refractivity contribution in [2.75, 3.05) is 38.2 Å². The van der Waals surface area contributed by atoms with Crippen LogP contribution in [0.25, 0.3) is 21.6 Å². The summed E-state index contributed by atoms with van der Waals surface area (Å²) in [5.74, 6) is 3.93. The second kappa shape index (κ2) is 8.96. The molecular weight excluding hydrogens is 448 g/mol. The Morgan fingerprint density at radius 3 is 2.74 bits per heavy atom. The van der Waals surface area contributed by atoms with Crippen LogP contribution in [0.1, 0.15) is 29.7 Å². The maximum Gasteiger partial charge on any atom is 0.241 e. The number of benzene rings is 1. The molecule has 1 atom stereocenters. The highest BCUT2D eigenvalue weighted by atomic mass is 32.1. The summed E-state index contributed by atoms with van der Waals surface area (Å²) in [5, 5.41) is 5.46. The number of fused-ring (bicyclic) bond motifs is 3. The number of piperazine rings is 1. The van der Waals surface area contributed by atoms with Gasteiger partial charge in [0.05, 0.1) is 19.0 Å². The molecule has 1 fully saturated rings. The summed E-state index contributed by atoms with van der Waals surface area (Å²) in [6.07, 6.45) is 5.30. The van der Waals surface area contributed by atoms with Crippen molar-refractivity contribution in [3.05, 3.63) is 46.9 Å². The second-order valence-corrected chi connectivity index (χ2v) is 10.3. The van der Waals surface area contributed by atoms with Gasteiger partial charge in [-0.1, -0.05) is 12.1 Å². The topological polar surface area (TPSA) is 80.4 Å². The van der Waals surface area contributed by atoms with Gasteiger partial charge in [0.1, 0.15) is 22.7 Å². The number of methoxy groups -OCH3 is 1. The fourth-order valence-electron chi connectivity index (χ4n) is 4.98. The molecule has 0 amide bonds. The number of anilines is 1. The number of aryl methyl sites for hydroxylation is 1. The van der Waals surface area contributed by atoms with Crippen molar-refractivity contribution >= 4 is 27.4 Å². The van der Waals surface area contributed by atoms with Gasteiger partial charge in [-0.3, -0.25) is 4.90 Å². The predicted octanol–water partition coefficient (Wildman–Crippen LogP) is 4.20. The summed E-state index contributed by atoms with van der Waals surface area (Å²) in [7, 11) is 1.66. The van der Waals surface area contributed by atoms with Gasteiger partial charge < -0.3 is 14.2 Å². The molecule has 0 N–H and O–H groups in total. The molecule has 4 aromatic rings. The highest BCUT2D eigenvalue weighted by molar-refractivity contribution is 7.19. The molecule has 3 aromatic heterocycles. The zero-order valence-electron chi connectivity index (χ0n) is 19.5. The summed E-state index contributed by atoms with van der Waals surface area (Å²) in [6.45, 7) is 6.70. The fraction of sp³-hybridized carbons (Fsp3) is 0.440. The van der Waals surface area contributed by atoms with Crippen LogP contribution in [-0.2, 0) is 19.4 Å². The summed E-state index contributed by atoms with van der Waals surface area (Å²) >= 11 is 1.86. The molecule has 2 aliphatic rings. The molecule has 4 heterocycles. The van der Waals surface area contributed by atoms with E-state index >= 15 is 0 Å². The van der Waals surface area contributed by atoms with Crippen LogP contribution in [0, 0.1) is 5.92 Å². The van der Waals surface area contributed by atoms with Gasteiger partial charge in [0, 0.05) is 36.6 Å². The molecule has 1 saturated heterocycles. The lowest BCUT2D eigenvalue weighted by molar-refractivity contribution is 0.215. The highest BCUT2D eigenvalue weighted by Gasteiger charge is 2.27. The normalized spacial score (nSPS) is 18.9. The van der Waals surface area contributed by atoms with Gasteiger partial charge in [-0.2, -0.15) is 4.98 Å². The Morgan fingerprint density at radius 2 is 1.94 bits per heavy atom. The van der Waals surface area contributed by atoms with E-state index in [1.165, 1.54) is 28.7 Å². The first-order valence-corrected chi connectivity index (χ1v) is 12.7. The molecule has 6 rings (SSSR count). The molecule has 8 nitrogen and oxygen atoms in total. The van der Waals surface area contributed by atoms with Crippen molar-refractivity contribution in [1.29, 1.82) is 0 Å². The van der Waals surface area contributed by atoms with Crippen molar-refractivity contribution in [1.82, 2.24) is 25.0 Å². The standard InChI is InChI=1S/C25H28N6O2S/c1-16-3-8-19-20(13-16)34-25-22(19)24(26-15-27-25)31-11-9-30(10-12-31)14-21-28-23(29-33-21)17-4-6-18(32-2)7-5-17/h4-7,15-16H,3,8-14H2,1-2H3/t16-/m0/s1. The monoisotopic (exact) mass is 476 g/mol. The van der Waals surface area contributed by atoms with Gasteiger partial charge in [-0.25, -0.2) is 9.97 Å². The zero-order valence-corrected chi connectivity index (χ0v) is 20.3. The summed E-state index contributed by atoms with van der Waals surface area (Å²) in [6, 6.07) is 7.69. The van der Waals surface area contributed by atoms with E-state index < -0.39 is 0 Å². The Morgan fingerprint density at radius 1 is 1.12 bits per heavy atom. The minimum atomic E-state index is 0.608. The van der Waals surface area contributed by atoms with E-state index in [1.54, 1.807) is 13.4 Å². The lowest BCUT2D eigenvalue weighted by atomic mass is 9.89. The molecule has 9 heteroatoms. The number of hydrogen-bond acceptors (Lipinski definition) is 9. The smallest absolute Gasteiger partial charge is 0.241 e. The number of nitrogens with zero attached hydrogens (tertiary/aromatic N) is 6. The van der Waals surface area contributed by atoms with E-state index in [9.17, 15) is 0 Å². The van der Waals surface area contributed by atoms with Gasteiger partial charge >= 0.3 is 0 Å². The third-order valence-electron chi connectivity index (χ3n) is 6.92. The van der Waals surface area contributed by atoms with Crippen LogP contribution in [0.4, 0.5) is 5.82 Å².